The normalized spacial score (nSPS) is 14.9. The molecule has 1 aliphatic carbocycles. The molecule has 0 bridgehead atoms. The van der Waals surface area contributed by atoms with E-state index >= 15 is 0 Å². The van der Waals surface area contributed by atoms with E-state index in [1.54, 1.807) is 12.4 Å². The molecule has 86 valence electrons. The Morgan fingerprint density at radius 2 is 2.06 bits per heavy atom. The fraction of sp³-hybridized carbons (Fsp3) is 0.333. The van der Waals surface area contributed by atoms with Gasteiger partial charge in [-0.2, -0.15) is 9.97 Å². The maximum Gasteiger partial charge on any atom is 0.223 e. The van der Waals surface area contributed by atoms with E-state index in [9.17, 15) is 0 Å². The summed E-state index contributed by atoms with van der Waals surface area (Å²) in [5.41, 5.74) is 7.74. The zero-order chi connectivity index (χ0) is 11.8. The Hall–Kier alpha value is -2.04. The fourth-order valence-corrected chi connectivity index (χ4v) is 1.75. The summed E-state index contributed by atoms with van der Waals surface area (Å²) in [6, 6.07) is 1.94. The van der Waals surface area contributed by atoms with E-state index in [0.29, 0.717) is 17.7 Å². The number of aryl methyl sites for hydroxylation is 1. The van der Waals surface area contributed by atoms with E-state index in [1.165, 1.54) is 0 Å². The summed E-state index contributed by atoms with van der Waals surface area (Å²) in [6.45, 7) is 2.01. The Balaban J connectivity index is 2.11. The van der Waals surface area contributed by atoms with Crippen LogP contribution in [-0.2, 0) is 0 Å². The van der Waals surface area contributed by atoms with E-state index in [0.717, 1.165) is 29.8 Å². The van der Waals surface area contributed by atoms with Gasteiger partial charge in [-0.05, 0) is 31.4 Å². The summed E-state index contributed by atoms with van der Waals surface area (Å²) in [5, 5.41) is 0. The first-order valence-corrected chi connectivity index (χ1v) is 5.66. The van der Waals surface area contributed by atoms with Crippen LogP contribution in [0.3, 0.4) is 0 Å². The molecular weight excluding hydrogens is 214 g/mol. The van der Waals surface area contributed by atoms with Gasteiger partial charge < -0.3 is 5.73 Å². The van der Waals surface area contributed by atoms with Crippen molar-refractivity contribution in [2.75, 3.05) is 5.73 Å². The van der Waals surface area contributed by atoms with Gasteiger partial charge in [0.15, 0.2) is 5.82 Å². The summed E-state index contributed by atoms with van der Waals surface area (Å²) in [7, 11) is 0. The van der Waals surface area contributed by atoms with Gasteiger partial charge in [0.05, 0.1) is 0 Å². The minimum atomic E-state index is 0.292. The fourth-order valence-electron chi connectivity index (χ4n) is 1.75. The Bertz CT molecular complexity index is 563. The Morgan fingerprint density at radius 1 is 1.24 bits per heavy atom. The van der Waals surface area contributed by atoms with Gasteiger partial charge in [-0.25, -0.2) is 4.98 Å². The van der Waals surface area contributed by atoms with Crippen molar-refractivity contribution in [1.29, 1.82) is 0 Å². The molecule has 2 heterocycles. The molecule has 0 spiro atoms. The SMILES string of the molecule is Cc1ccncc1-c1nc(N)nc(C2CC2)n1. The minimum Gasteiger partial charge on any atom is -0.368 e. The summed E-state index contributed by atoms with van der Waals surface area (Å²) in [6.07, 6.45) is 5.82. The molecule has 0 atom stereocenters. The molecule has 0 amide bonds. The van der Waals surface area contributed by atoms with Crippen molar-refractivity contribution in [3.63, 3.8) is 0 Å². The lowest BCUT2D eigenvalue weighted by Crippen LogP contribution is -2.04. The summed E-state index contributed by atoms with van der Waals surface area (Å²) in [4.78, 5) is 17.0. The molecule has 2 aromatic heterocycles. The van der Waals surface area contributed by atoms with Crippen LogP contribution in [0.25, 0.3) is 11.4 Å². The monoisotopic (exact) mass is 227 g/mol. The molecule has 1 fully saturated rings. The molecule has 0 unspecified atom stereocenters. The van der Waals surface area contributed by atoms with Crippen molar-refractivity contribution in [2.45, 2.75) is 25.7 Å². The highest BCUT2D eigenvalue weighted by molar-refractivity contribution is 5.59. The van der Waals surface area contributed by atoms with Crippen LogP contribution in [0.2, 0.25) is 0 Å². The minimum absolute atomic E-state index is 0.292. The Labute approximate surface area is 99.2 Å². The number of pyridine rings is 1. The van der Waals surface area contributed by atoms with Gasteiger partial charge in [0.25, 0.3) is 0 Å². The average Bonchev–Trinajstić information content (AvgIpc) is 3.12. The maximum absolute atomic E-state index is 5.73. The van der Waals surface area contributed by atoms with Crippen LogP contribution >= 0.6 is 0 Å². The van der Waals surface area contributed by atoms with Gasteiger partial charge in [-0.1, -0.05) is 0 Å². The molecule has 0 saturated heterocycles. The number of hydrogen-bond acceptors (Lipinski definition) is 5. The lowest BCUT2D eigenvalue weighted by Gasteiger charge is -2.05. The predicted octanol–water partition coefficient (Wildman–Crippen LogP) is 1.70. The zero-order valence-corrected chi connectivity index (χ0v) is 9.59. The van der Waals surface area contributed by atoms with E-state index in [2.05, 4.69) is 19.9 Å². The second-order valence-electron chi connectivity index (χ2n) is 4.34. The predicted molar refractivity (Wildman–Crippen MR) is 64.2 cm³/mol. The number of rotatable bonds is 2. The molecule has 0 radical (unpaired) electrons. The van der Waals surface area contributed by atoms with Gasteiger partial charge in [-0.15, -0.1) is 0 Å². The number of nitrogens with two attached hydrogens (primary N) is 1. The van der Waals surface area contributed by atoms with E-state index in [1.807, 2.05) is 13.0 Å². The number of anilines is 1. The molecule has 5 heteroatoms. The van der Waals surface area contributed by atoms with Crippen molar-refractivity contribution < 1.29 is 0 Å². The highest BCUT2D eigenvalue weighted by atomic mass is 15.1. The Morgan fingerprint density at radius 3 is 2.76 bits per heavy atom. The number of nitrogen functional groups attached to an aromatic ring is 1. The molecule has 1 aliphatic rings. The van der Waals surface area contributed by atoms with E-state index < -0.39 is 0 Å². The van der Waals surface area contributed by atoms with Crippen LogP contribution in [0.1, 0.15) is 30.1 Å². The summed E-state index contributed by atoms with van der Waals surface area (Å²) < 4.78 is 0. The standard InChI is InChI=1S/C12H13N5/c1-7-4-5-14-6-9(7)11-15-10(8-2-3-8)16-12(13)17-11/h4-6,8H,2-3H2,1H3,(H2,13,15,16,17). The average molecular weight is 227 g/mol. The maximum atomic E-state index is 5.73. The van der Waals surface area contributed by atoms with Crippen molar-refractivity contribution in [2.24, 2.45) is 0 Å². The van der Waals surface area contributed by atoms with Gasteiger partial charge in [0.1, 0.15) is 5.82 Å². The lowest BCUT2D eigenvalue weighted by molar-refractivity contribution is 0.901. The van der Waals surface area contributed by atoms with Gasteiger partial charge in [0, 0.05) is 23.9 Å². The number of nitrogens with zero attached hydrogens (tertiary/aromatic N) is 4. The second-order valence-corrected chi connectivity index (χ2v) is 4.34. The van der Waals surface area contributed by atoms with Crippen LogP contribution < -0.4 is 5.73 Å². The van der Waals surface area contributed by atoms with Gasteiger partial charge >= 0.3 is 0 Å². The molecule has 0 aromatic carbocycles. The van der Waals surface area contributed by atoms with Crippen LogP contribution in [-0.4, -0.2) is 19.9 Å². The number of hydrogen-bond donors (Lipinski definition) is 1. The molecule has 1 saturated carbocycles. The largest absolute Gasteiger partial charge is 0.368 e. The molecule has 3 rings (SSSR count). The number of aromatic nitrogens is 4. The third kappa shape index (κ3) is 1.95. The molecular formula is C12H13N5. The first-order valence-electron chi connectivity index (χ1n) is 5.66. The third-order valence-corrected chi connectivity index (χ3v) is 2.89. The van der Waals surface area contributed by atoms with E-state index in [4.69, 9.17) is 5.73 Å². The molecule has 17 heavy (non-hydrogen) atoms. The van der Waals surface area contributed by atoms with Crippen molar-refractivity contribution in [1.82, 2.24) is 19.9 Å². The topological polar surface area (TPSA) is 77.6 Å². The molecule has 5 nitrogen and oxygen atoms in total. The third-order valence-electron chi connectivity index (χ3n) is 2.89. The van der Waals surface area contributed by atoms with Crippen LogP contribution in [0.5, 0.6) is 0 Å². The van der Waals surface area contributed by atoms with Gasteiger partial charge in [0.2, 0.25) is 5.95 Å². The quantitative estimate of drug-likeness (QED) is 0.844. The second kappa shape index (κ2) is 3.76. The zero-order valence-electron chi connectivity index (χ0n) is 9.59. The van der Waals surface area contributed by atoms with Crippen molar-refractivity contribution in [3.8, 4) is 11.4 Å². The summed E-state index contributed by atoms with van der Waals surface area (Å²) >= 11 is 0. The van der Waals surface area contributed by atoms with Crippen LogP contribution in [0.15, 0.2) is 18.5 Å². The highest BCUT2D eigenvalue weighted by Crippen LogP contribution is 2.38. The van der Waals surface area contributed by atoms with Gasteiger partial charge in [-0.3, -0.25) is 4.98 Å². The first kappa shape index (κ1) is 10.1. The van der Waals surface area contributed by atoms with Crippen molar-refractivity contribution >= 4 is 5.95 Å². The highest BCUT2D eigenvalue weighted by Gasteiger charge is 2.27. The smallest absolute Gasteiger partial charge is 0.223 e. The first-order chi connectivity index (χ1) is 8.24. The van der Waals surface area contributed by atoms with Crippen LogP contribution in [0.4, 0.5) is 5.95 Å². The van der Waals surface area contributed by atoms with E-state index in [-0.39, 0.29) is 0 Å². The molecule has 2 aromatic rings. The summed E-state index contributed by atoms with van der Waals surface area (Å²) in [5.74, 6) is 2.21. The van der Waals surface area contributed by atoms with Crippen molar-refractivity contribution in [3.05, 3.63) is 29.8 Å². The Kier molecular flexibility index (Phi) is 2.24. The molecule has 0 aliphatic heterocycles. The van der Waals surface area contributed by atoms with Crippen LogP contribution in [0, 0.1) is 6.92 Å². The molecule has 2 N–H and O–H groups in total. The lowest BCUT2D eigenvalue weighted by atomic mass is 10.1.